The van der Waals surface area contributed by atoms with Crippen LogP contribution in [0.4, 0.5) is 0 Å². The Bertz CT molecular complexity index is 422. The van der Waals surface area contributed by atoms with E-state index in [0.717, 1.165) is 16.0 Å². The van der Waals surface area contributed by atoms with E-state index in [9.17, 15) is 0 Å². The van der Waals surface area contributed by atoms with Gasteiger partial charge in [0, 0.05) is 4.88 Å². The molecule has 4 nitrogen and oxygen atoms in total. The average Bonchev–Trinajstić information content (AvgIpc) is 2.51. The lowest BCUT2D eigenvalue weighted by atomic mass is 10.4. The predicted molar refractivity (Wildman–Crippen MR) is 49.6 cm³/mol. The highest BCUT2D eigenvalue weighted by atomic mass is 79.9. The summed E-state index contributed by atoms with van der Waals surface area (Å²) in [5, 5.41) is 12.8. The van der Waals surface area contributed by atoms with Crippen LogP contribution in [0.2, 0.25) is 0 Å². The second kappa shape index (κ2) is 2.70. The van der Waals surface area contributed by atoms with Gasteiger partial charge in [0.15, 0.2) is 0 Å². The molecule has 12 heavy (non-hydrogen) atoms. The van der Waals surface area contributed by atoms with Gasteiger partial charge in [0.05, 0.1) is 0 Å². The molecule has 0 fully saturated rings. The van der Waals surface area contributed by atoms with Crippen LogP contribution < -0.4 is 0 Å². The van der Waals surface area contributed by atoms with Gasteiger partial charge in [0.2, 0.25) is 4.96 Å². The zero-order valence-corrected chi connectivity index (χ0v) is 8.68. The van der Waals surface area contributed by atoms with Gasteiger partial charge in [-0.25, -0.2) is 0 Å². The van der Waals surface area contributed by atoms with Crippen molar-refractivity contribution in [1.82, 2.24) is 14.6 Å². The first kappa shape index (κ1) is 8.00. The van der Waals surface area contributed by atoms with Gasteiger partial charge in [-0.2, -0.15) is 9.50 Å². The standard InChI is InChI=1S/C6H6BrN3OS/c1-2-3-4(7)10-6(12-3)8-5(11)9-10/h2H2,1H3,(H,9,11). The third kappa shape index (κ3) is 1.02. The normalized spacial score (nSPS) is 11.2. The van der Waals surface area contributed by atoms with Crippen LogP contribution in [0.25, 0.3) is 4.96 Å². The second-order valence-electron chi connectivity index (χ2n) is 2.28. The van der Waals surface area contributed by atoms with Crippen LogP contribution in [0.15, 0.2) is 4.60 Å². The van der Waals surface area contributed by atoms with Crippen molar-refractivity contribution in [2.24, 2.45) is 0 Å². The van der Waals surface area contributed by atoms with Crippen molar-refractivity contribution in [3.8, 4) is 6.01 Å². The summed E-state index contributed by atoms with van der Waals surface area (Å²) in [6, 6.07) is -0.176. The molecule has 0 aliphatic carbocycles. The predicted octanol–water partition coefficient (Wildman–Crippen LogP) is 1.82. The third-order valence-electron chi connectivity index (χ3n) is 1.52. The highest BCUT2D eigenvalue weighted by molar-refractivity contribution is 9.10. The summed E-state index contributed by atoms with van der Waals surface area (Å²) >= 11 is 4.91. The Morgan fingerprint density at radius 1 is 1.67 bits per heavy atom. The molecule has 2 heterocycles. The summed E-state index contributed by atoms with van der Waals surface area (Å²) in [5.41, 5.74) is 0. The summed E-state index contributed by atoms with van der Waals surface area (Å²) in [6.07, 6.45) is 0.942. The summed E-state index contributed by atoms with van der Waals surface area (Å²) < 4.78 is 2.48. The fourth-order valence-corrected chi connectivity index (χ4v) is 2.74. The molecule has 0 amide bonds. The SMILES string of the molecule is CCc1sc2nc(O)nn2c1Br. The summed E-state index contributed by atoms with van der Waals surface area (Å²) in [4.78, 5) is 5.74. The molecule has 0 aliphatic rings. The fourth-order valence-electron chi connectivity index (χ4n) is 0.970. The summed E-state index contributed by atoms with van der Waals surface area (Å²) in [5.74, 6) is 0. The zero-order valence-electron chi connectivity index (χ0n) is 6.28. The number of rotatable bonds is 1. The van der Waals surface area contributed by atoms with Crippen molar-refractivity contribution in [2.45, 2.75) is 13.3 Å². The van der Waals surface area contributed by atoms with E-state index in [4.69, 9.17) is 5.11 Å². The maximum atomic E-state index is 8.98. The Labute approximate surface area is 81.0 Å². The van der Waals surface area contributed by atoms with E-state index in [-0.39, 0.29) is 6.01 Å². The van der Waals surface area contributed by atoms with Crippen molar-refractivity contribution < 1.29 is 5.11 Å². The van der Waals surface area contributed by atoms with Gasteiger partial charge in [-0.3, -0.25) is 0 Å². The molecular formula is C6H6BrN3OS. The number of fused-ring (bicyclic) bond motifs is 1. The third-order valence-corrected chi connectivity index (χ3v) is 3.77. The molecule has 2 rings (SSSR count). The van der Waals surface area contributed by atoms with Crippen LogP contribution in [0.1, 0.15) is 11.8 Å². The largest absolute Gasteiger partial charge is 0.478 e. The Kier molecular flexibility index (Phi) is 1.80. The van der Waals surface area contributed by atoms with E-state index in [1.54, 1.807) is 4.52 Å². The molecule has 0 saturated heterocycles. The van der Waals surface area contributed by atoms with E-state index < -0.39 is 0 Å². The number of aromatic nitrogens is 3. The van der Waals surface area contributed by atoms with Crippen LogP contribution >= 0.6 is 27.3 Å². The number of halogens is 1. The lowest BCUT2D eigenvalue weighted by molar-refractivity contribution is 0.431. The first-order valence-electron chi connectivity index (χ1n) is 3.45. The minimum atomic E-state index is -0.176. The van der Waals surface area contributed by atoms with Gasteiger partial charge in [-0.15, -0.1) is 5.10 Å². The fraction of sp³-hybridized carbons (Fsp3) is 0.333. The second-order valence-corrected chi connectivity index (χ2v) is 4.09. The van der Waals surface area contributed by atoms with Gasteiger partial charge in [0.1, 0.15) is 4.60 Å². The maximum absolute atomic E-state index is 8.98. The molecule has 0 unspecified atom stereocenters. The zero-order chi connectivity index (χ0) is 8.72. The number of hydrogen-bond acceptors (Lipinski definition) is 4. The molecular weight excluding hydrogens is 242 g/mol. The number of hydrogen-bond donors (Lipinski definition) is 1. The first-order chi connectivity index (χ1) is 5.72. The monoisotopic (exact) mass is 247 g/mol. The van der Waals surface area contributed by atoms with E-state index in [1.165, 1.54) is 16.2 Å². The van der Waals surface area contributed by atoms with Crippen molar-refractivity contribution in [1.29, 1.82) is 0 Å². The molecule has 0 atom stereocenters. The minimum Gasteiger partial charge on any atom is -0.478 e. The molecule has 0 saturated carbocycles. The van der Waals surface area contributed by atoms with Crippen molar-refractivity contribution >= 4 is 32.2 Å². The van der Waals surface area contributed by atoms with Crippen molar-refractivity contribution in [3.05, 3.63) is 9.48 Å². The van der Waals surface area contributed by atoms with E-state index in [0.29, 0.717) is 0 Å². The molecule has 2 aromatic heterocycles. The van der Waals surface area contributed by atoms with E-state index in [2.05, 4.69) is 32.9 Å². The van der Waals surface area contributed by atoms with E-state index in [1.807, 2.05) is 0 Å². The van der Waals surface area contributed by atoms with Crippen LogP contribution in [0.5, 0.6) is 6.01 Å². The summed E-state index contributed by atoms with van der Waals surface area (Å²) in [7, 11) is 0. The Hall–Kier alpha value is -0.620. The number of aryl methyl sites for hydroxylation is 1. The molecule has 0 aromatic carbocycles. The number of aromatic hydroxyl groups is 1. The molecule has 0 bridgehead atoms. The first-order valence-corrected chi connectivity index (χ1v) is 5.06. The van der Waals surface area contributed by atoms with Crippen molar-refractivity contribution in [3.63, 3.8) is 0 Å². The van der Waals surface area contributed by atoms with Crippen LogP contribution in [0.3, 0.4) is 0 Å². The van der Waals surface area contributed by atoms with Gasteiger partial charge in [-0.05, 0) is 22.4 Å². The van der Waals surface area contributed by atoms with Crippen LogP contribution in [-0.2, 0) is 6.42 Å². The molecule has 1 N–H and O–H groups in total. The smallest absolute Gasteiger partial charge is 0.334 e. The Balaban J connectivity index is 2.74. The highest BCUT2D eigenvalue weighted by Crippen LogP contribution is 2.27. The molecule has 64 valence electrons. The Morgan fingerprint density at radius 2 is 2.42 bits per heavy atom. The molecule has 6 heteroatoms. The van der Waals surface area contributed by atoms with Gasteiger partial charge in [0.25, 0.3) is 0 Å². The molecule has 0 aliphatic heterocycles. The topological polar surface area (TPSA) is 50.4 Å². The lowest BCUT2D eigenvalue weighted by Gasteiger charge is -1.88. The molecule has 2 aromatic rings. The minimum absolute atomic E-state index is 0.176. The average molecular weight is 248 g/mol. The number of thiazole rings is 1. The van der Waals surface area contributed by atoms with Crippen LogP contribution in [0, 0.1) is 0 Å². The maximum Gasteiger partial charge on any atom is 0.334 e. The molecule has 0 spiro atoms. The van der Waals surface area contributed by atoms with Crippen molar-refractivity contribution in [2.75, 3.05) is 0 Å². The highest BCUT2D eigenvalue weighted by Gasteiger charge is 2.11. The summed E-state index contributed by atoms with van der Waals surface area (Å²) in [6.45, 7) is 2.07. The van der Waals surface area contributed by atoms with Gasteiger partial charge < -0.3 is 5.11 Å². The van der Waals surface area contributed by atoms with Gasteiger partial charge in [-0.1, -0.05) is 18.3 Å². The molecule has 0 radical (unpaired) electrons. The number of nitrogens with zero attached hydrogens (tertiary/aromatic N) is 3. The van der Waals surface area contributed by atoms with E-state index >= 15 is 0 Å². The van der Waals surface area contributed by atoms with Crippen LogP contribution in [-0.4, -0.2) is 19.7 Å². The lowest BCUT2D eigenvalue weighted by Crippen LogP contribution is -1.84. The quantitative estimate of drug-likeness (QED) is 0.837. The Morgan fingerprint density at radius 3 is 3.00 bits per heavy atom. The van der Waals surface area contributed by atoms with Gasteiger partial charge >= 0.3 is 6.01 Å².